The standard InChI is InChI=1S/C20H27N5O/c1-23-14-18(13-22-23)15-24-8-4-20(16-24)5-9-25(10-6-20)19(26)11-17-3-2-7-21-12-17/h2-3,7,12-14H,4-6,8-11,15-16H2,1H3. The number of likely N-dealkylation sites (tertiary alicyclic amines) is 2. The van der Waals surface area contributed by atoms with Crippen LogP contribution in [-0.2, 0) is 24.8 Å². The molecule has 2 aliphatic heterocycles. The molecule has 26 heavy (non-hydrogen) atoms. The molecule has 2 aromatic heterocycles. The van der Waals surface area contributed by atoms with Crippen molar-refractivity contribution in [2.45, 2.75) is 32.2 Å². The van der Waals surface area contributed by atoms with E-state index in [4.69, 9.17) is 0 Å². The number of nitrogens with zero attached hydrogens (tertiary/aromatic N) is 5. The Labute approximate surface area is 154 Å². The number of hydrogen-bond donors (Lipinski definition) is 0. The van der Waals surface area contributed by atoms with Crippen LogP contribution in [0.25, 0.3) is 0 Å². The van der Waals surface area contributed by atoms with Crippen molar-refractivity contribution in [3.05, 3.63) is 48.0 Å². The van der Waals surface area contributed by atoms with Gasteiger partial charge in [-0.15, -0.1) is 0 Å². The third-order valence-corrected chi connectivity index (χ3v) is 5.94. The van der Waals surface area contributed by atoms with E-state index in [0.717, 1.165) is 51.1 Å². The van der Waals surface area contributed by atoms with E-state index in [1.165, 1.54) is 12.0 Å². The second kappa shape index (κ2) is 7.19. The maximum absolute atomic E-state index is 12.6. The van der Waals surface area contributed by atoms with Crippen molar-refractivity contribution >= 4 is 5.91 Å². The van der Waals surface area contributed by atoms with Crippen LogP contribution in [0.4, 0.5) is 0 Å². The van der Waals surface area contributed by atoms with Gasteiger partial charge in [0.05, 0.1) is 12.6 Å². The molecule has 0 radical (unpaired) electrons. The van der Waals surface area contributed by atoms with Crippen LogP contribution in [0.3, 0.4) is 0 Å². The molecule has 0 bridgehead atoms. The van der Waals surface area contributed by atoms with E-state index in [0.29, 0.717) is 11.8 Å². The Morgan fingerprint density at radius 2 is 1.96 bits per heavy atom. The molecular weight excluding hydrogens is 326 g/mol. The van der Waals surface area contributed by atoms with E-state index in [1.54, 1.807) is 12.4 Å². The summed E-state index contributed by atoms with van der Waals surface area (Å²) in [5.74, 6) is 0.234. The lowest BCUT2D eigenvalue weighted by Gasteiger charge is -2.39. The summed E-state index contributed by atoms with van der Waals surface area (Å²) in [4.78, 5) is 21.2. The van der Waals surface area contributed by atoms with Crippen molar-refractivity contribution in [1.82, 2.24) is 24.6 Å². The van der Waals surface area contributed by atoms with Crippen LogP contribution in [0.1, 0.15) is 30.4 Å². The molecule has 4 rings (SSSR count). The number of aryl methyl sites for hydroxylation is 1. The molecule has 6 nitrogen and oxygen atoms in total. The van der Waals surface area contributed by atoms with Crippen LogP contribution in [-0.4, -0.2) is 56.7 Å². The highest BCUT2D eigenvalue weighted by molar-refractivity contribution is 5.78. The molecule has 6 heteroatoms. The minimum absolute atomic E-state index is 0.234. The number of carbonyl (C=O) groups is 1. The van der Waals surface area contributed by atoms with Crippen LogP contribution in [0.15, 0.2) is 36.9 Å². The van der Waals surface area contributed by atoms with E-state index in [9.17, 15) is 4.79 Å². The van der Waals surface area contributed by atoms with Crippen molar-refractivity contribution in [2.75, 3.05) is 26.2 Å². The van der Waals surface area contributed by atoms with Gasteiger partial charge in [0.2, 0.25) is 5.91 Å². The van der Waals surface area contributed by atoms with Gasteiger partial charge >= 0.3 is 0 Å². The van der Waals surface area contributed by atoms with Crippen LogP contribution >= 0.6 is 0 Å². The molecule has 1 amide bonds. The lowest BCUT2D eigenvalue weighted by atomic mass is 9.77. The van der Waals surface area contributed by atoms with E-state index in [-0.39, 0.29) is 5.91 Å². The van der Waals surface area contributed by atoms with E-state index in [2.05, 4.69) is 21.2 Å². The number of amides is 1. The summed E-state index contributed by atoms with van der Waals surface area (Å²) in [6.45, 7) is 5.06. The molecule has 0 N–H and O–H groups in total. The van der Waals surface area contributed by atoms with Gasteiger partial charge < -0.3 is 4.90 Å². The number of rotatable bonds is 4. The summed E-state index contributed by atoms with van der Waals surface area (Å²) in [6, 6.07) is 3.87. The predicted molar refractivity (Wildman–Crippen MR) is 99.3 cm³/mol. The quantitative estimate of drug-likeness (QED) is 0.842. The van der Waals surface area contributed by atoms with Gasteiger partial charge in [0.1, 0.15) is 0 Å². The van der Waals surface area contributed by atoms with Crippen LogP contribution in [0.2, 0.25) is 0 Å². The molecule has 0 aliphatic carbocycles. The summed E-state index contributed by atoms with van der Waals surface area (Å²) in [6.07, 6.45) is 11.6. The first-order chi connectivity index (χ1) is 12.6. The second-order valence-corrected chi connectivity index (χ2v) is 7.90. The van der Waals surface area contributed by atoms with Gasteiger partial charge in [-0.2, -0.15) is 5.10 Å². The maximum atomic E-state index is 12.6. The van der Waals surface area contributed by atoms with Gasteiger partial charge in [-0.05, 0) is 42.9 Å². The first kappa shape index (κ1) is 17.2. The molecule has 2 saturated heterocycles. The minimum Gasteiger partial charge on any atom is -0.342 e. The highest BCUT2D eigenvalue weighted by atomic mass is 16.2. The molecular formula is C20H27N5O. The van der Waals surface area contributed by atoms with Gasteiger partial charge in [0.15, 0.2) is 0 Å². The third-order valence-electron chi connectivity index (χ3n) is 5.94. The second-order valence-electron chi connectivity index (χ2n) is 7.90. The minimum atomic E-state index is 0.234. The summed E-state index contributed by atoms with van der Waals surface area (Å²) in [5, 5.41) is 4.27. The normalized spacial score (nSPS) is 20.0. The Morgan fingerprint density at radius 3 is 2.65 bits per heavy atom. The molecule has 0 saturated carbocycles. The van der Waals surface area contributed by atoms with E-state index in [1.807, 2.05) is 35.0 Å². The average Bonchev–Trinajstić information content (AvgIpc) is 3.23. The molecule has 2 aromatic rings. The van der Waals surface area contributed by atoms with Crippen molar-refractivity contribution in [3.8, 4) is 0 Å². The highest BCUT2D eigenvalue weighted by Gasteiger charge is 2.41. The Kier molecular flexibility index (Phi) is 4.76. The maximum Gasteiger partial charge on any atom is 0.227 e. The first-order valence-electron chi connectivity index (χ1n) is 9.49. The topological polar surface area (TPSA) is 54.3 Å². The number of carbonyl (C=O) groups excluding carboxylic acids is 1. The molecule has 0 aromatic carbocycles. The van der Waals surface area contributed by atoms with Crippen LogP contribution in [0, 0.1) is 5.41 Å². The Morgan fingerprint density at radius 1 is 1.15 bits per heavy atom. The fraction of sp³-hybridized carbons (Fsp3) is 0.550. The van der Waals surface area contributed by atoms with Crippen molar-refractivity contribution in [2.24, 2.45) is 12.5 Å². The number of aromatic nitrogens is 3. The Hall–Kier alpha value is -2.21. The largest absolute Gasteiger partial charge is 0.342 e. The Bertz CT molecular complexity index is 749. The summed E-state index contributed by atoms with van der Waals surface area (Å²) in [7, 11) is 1.97. The van der Waals surface area contributed by atoms with E-state index >= 15 is 0 Å². The zero-order valence-electron chi connectivity index (χ0n) is 15.5. The number of pyridine rings is 1. The SMILES string of the molecule is Cn1cc(CN2CCC3(CCN(C(=O)Cc4cccnc4)CC3)C2)cn1. The zero-order valence-corrected chi connectivity index (χ0v) is 15.5. The van der Waals surface area contributed by atoms with Gasteiger partial charge in [0, 0.05) is 57.4 Å². The fourth-order valence-corrected chi connectivity index (χ4v) is 4.40. The van der Waals surface area contributed by atoms with Gasteiger partial charge in [-0.1, -0.05) is 6.07 Å². The Balaban J connectivity index is 1.28. The van der Waals surface area contributed by atoms with Crippen molar-refractivity contribution in [3.63, 3.8) is 0 Å². The van der Waals surface area contributed by atoms with Crippen molar-refractivity contribution in [1.29, 1.82) is 0 Å². The smallest absolute Gasteiger partial charge is 0.227 e. The number of piperidine rings is 1. The summed E-state index contributed by atoms with van der Waals surface area (Å²) >= 11 is 0. The van der Waals surface area contributed by atoms with Gasteiger partial charge in [0.25, 0.3) is 0 Å². The van der Waals surface area contributed by atoms with Crippen molar-refractivity contribution < 1.29 is 4.79 Å². The monoisotopic (exact) mass is 353 g/mol. The predicted octanol–water partition coefficient (Wildman–Crippen LogP) is 1.87. The molecule has 0 atom stereocenters. The molecule has 2 aliphatic rings. The van der Waals surface area contributed by atoms with E-state index < -0.39 is 0 Å². The van der Waals surface area contributed by atoms with Crippen LogP contribution < -0.4 is 0 Å². The van der Waals surface area contributed by atoms with Gasteiger partial charge in [-0.25, -0.2) is 0 Å². The summed E-state index contributed by atoms with van der Waals surface area (Å²) in [5.41, 5.74) is 2.68. The molecule has 2 fully saturated rings. The highest BCUT2D eigenvalue weighted by Crippen LogP contribution is 2.40. The molecule has 4 heterocycles. The lowest BCUT2D eigenvalue weighted by Crippen LogP contribution is -2.44. The third kappa shape index (κ3) is 3.80. The van der Waals surface area contributed by atoms with Gasteiger partial charge in [-0.3, -0.25) is 19.4 Å². The average molecular weight is 353 g/mol. The van der Waals surface area contributed by atoms with Crippen LogP contribution in [0.5, 0.6) is 0 Å². The fourth-order valence-electron chi connectivity index (χ4n) is 4.40. The summed E-state index contributed by atoms with van der Waals surface area (Å²) < 4.78 is 1.87. The number of hydrogen-bond acceptors (Lipinski definition) is 4. The molecule has 1 spiro atoms. The lowest BCUT2D eigenvalue weighted by molar-refractivity contribution is -0.132. The molecule has 0 unspecified atom stereocenters. The zero-order chi connectivity index (χ0) is 18.0. The molecule has 138 valence electrons. The first-order valence-corrected chi connectivity index (χ1v) is 9.49.